The van der Waals surface area contributed by atoms with Gasteiger partial charge in [0.15, 0.2) is 12.2 Å². The monoisotopic (exact) mass is 233 g/mol. The van der Waals surface area contributed by atoms with Crippen molar-refractivity contribution in [3.8, 4) is 0 Å². The highest BCUT2D eigenvalue weighted by atomic mass is 16.6. The maximum absolute atomic E-state index is 11.0. The van der Waals surface area contributed by atoms with Gasteiger partial charge >= 0.3 is 18.0 Å². The zero-order valence-electron chi connectivity index (χ0n) is 8.21. The molecule has 0 spiro atoms. The van der Waals surface area contributed by atoms with Crippen LogP contribution in [0.5, 0.6) is 0 Å². The number of nitrogens with one attached hydrogen (secondary N) is 1. The van der Waals surface area contributed by atoms with Crippen molar-refractivity contribution in [1.82, 2.24) is 5.32 Å². The first-order valence-electron chi connectivity index (χ1n) is 4.50. The summed E-state index contributed by atoms with van der Waals surface area (Å²) >= 11 is 0. The average Bonchev–Trinajstić information content (AvgIpc) is 2.61. The van der Waals surface area contributed by atoms with Crippen LogP contribution in [0.3, 0.4) is 0 Å². The van der Waals surface area contributed by atoms with Gasteiger partial charge < -0.3 is 25.0 Å². The molecule has 0 radical (unpaired) electrons. The van der Waals surface area contributed by atoms with Crippen molar-refractivity contribution in [3.05, 3.63) is 0 Å². The Morgan fingerprint density at radius 2 is 2.31 bits per heavy atom. The normalized spacial score (nSPS) is 20.8. The number of carboxylic acids is 1. The van der Waals surface area contributed by atoms with Gasteiger partial charge in [0.1, 0.15) is 6.61 Å². The fraction of sp³-hybridized carbons (Fsp3) is 0.625. The smallest absolute Gasteiger partial charge is 0.407 e. The molecule has 1 aliphatic heterocycles. The standard InChI is InChI=1S/C8H11NO7/c10-5(7(12)13)1-6(11)15-3-4-2-9-8(14)16-4/h4-5,10H,1-3H2,(H,9,14)(H,12,13)/t4-,5-/m0/s1. The Balaban J connectivity index is 2.20. The first kappa shape index (κ1) is 12.2. The fourth-order valence-corrected chi connectivity index (χ4v) is 1.01. The molecule has 0 aliphatic carbocycles. The van der Waals surface area contributed by atoms with Crippen LogP contribution < -0.4 is 5.32 Å². The van der Waals surface area contributed by atoms with E-state index in [2.05, 4.69) is 14.8 Å². The first-order chi connectivity index (χ1) is 7.49. The number of cyclic esters (lactones) is 1. The number of ether oxygens (including phenoxy) is 2. The number of aliphatic hydroxyl groups excluding tert-OH is 1. The number of alkyl carbamates (subject to hydrolysis) is 1. The topological polar surface area (TPSA) is 122 Å². The highest BCUT2D eigenvalue weighted by Gasteiger charge is 2.25. The van der Waals surface area contributed by atoms with Gasteiger partial charge in [-0.3, -0.25) is 4.79 Å². The lowest BCUT2D eigenvalue weighted by Gasteiger charge is -2.09. The van der Waals surface area contributed by atoms with Crippen molar-refractivity contribution in [2.45, 2.75) is 18.6 Å². The summed E-state index contributed by atoms with van der Waals surface area (Å²) in [7, 11) is 0. The lowest BCUT2D eigenvalue weighted by Crippen LogP contribution is -2.27. The highest BCUT2D eigenvalue weighted by molar-refractivity contribution is 5.80. The van der Waals surface area contributed by atoms with E-state index in [0.717, 1.165) is 0 Å². The van der Waals surface area contributed by atoms with Gasteiger partial charge in [0, 0.05) is 0 Å². The van der Waals surface area contributed by atoms with Gasteiger partial charge in [-0.05, 0) is 0 Å². The SMILES string of the molecule is O=C(C[C@H](O)C(=O)O)OC[C@@H]1CNC(=O)O1. The summed E-state index contributed by atoms with van der Waals surface area (Å²) in [5, 5.41) is 19.5. The van der Waals surface area contributed by atoms with Crippen LogP contribution >= 0.6 is 0 Å². The second-order valence-electron chi connectivity index (χ2n) is 3.15. The summed E-state index contributed by atoms with van der Waals surface area (Å²) in [6.07, 6.45) is -3.58. The number of carbonyl (C=O) groups excluding carboxylic acids is 2. The molecule has 0 aromatic heterocycles. The van der Waals surface area contributed by atoms with E-state index in [4.69, 9.17) is 10.2 Å². The number of esters is 1. The molecule has 1 saturated heterocycles. The Kier molecular flexibility index (Phi) is 4.06. The molecule has 0 unspecified atom stereocenters. The summed E-state index contributed by atoms with van der Waals surface area (Å²) in [6, 6.07) is 0. The van der Waals surface area contributed by atoms with Gasteiger partial charge in [0.2, 0.25) is 0 Å². The predicted octanol–water partition coefficient (Wildman–Crippen LogP) is -1.53. The predicted molar refractivity (Wildman–Crippen MR) is 47.5 cm³/mol. The maximum Gasteiger partial charge on any atom is 0.407 e. The quantitative estimate of drug-likeness (QED) is 0.492. The van der Waals surface area contributed by atoms with E-state index in [1.54, 1.807) is 0 Å². The second kappa shape index (κ2) is 5.31. The average molecular weight is 233 g/mol. The molecule has 1 heterocycles. The van der Waals surface area contributed by atoms with Crippen molar-refractivity contribution < 1.29 is 34.1 Å². The number of hydrogen-bond donors (Lipinski definition) is 3. The Morgan fingerprint density at radius 3 is 2.81 bits per heavy atom. The Bertz CT molecular complexity index is 303. The molecule has 0 aromatic rings. The van der Waals surface area contributed by atoms with Gasteiger partial charge in [0.25, 0.3) is 0 Å². The van der Waals surface area contributed by atoms with Gasteiger partial charge in [-0.1, -0.05) is 0 Å². The van der Waals surface area contributed by atoms with E-state index in [1.807, 2.05) is 0 Å². The van der Waals surface area contributed by atoms with Crippen LogP contribution in [0.15, 0.2) is 0 Å². The minimum Gasteiger partial charge on any atom is -0.479 e. The molecule has 8 heteroatoms. The molecule has 16 heavy (non-hydrogen) atoms. The van der Waals surface area contributed by atoms with E-state index < -0.39 is 36.7 Å². The summed E-state index contributed by atoms with van der Waals surface area (Å²) in [5.74, 6) is -2.36. The lowest BCUT2D eigenvalue weighted by molar-refractivity contribution is -0.156. The number of amides is 1. The number of aliphatic hydroxyl groups is 1. The van der Waals surface area contributed by atoms with Crippen LogP contribution in [0.4, 0.5) is 4.79 Å². The molecule has 90 valence electrons. The van der Waals surface area contributed by atoms with Crippen LogP contribution in [-0.4, -0.2) is 53.6 Å². The number of hydrogen-bond acceptors (Lipinski definition) is 6. The van der Waals surface area contributed by atoms with Crippen LogP contribution in [0.25, 0.3) is 0 Å². The van der Waals surface area contributed by atoms with E-state index in [9.17, 15) is 14.4 Å². The van der Waals surface area contributed by atoms with Crippen molar-refractivity contribution in [2.24, 2.45) is 0 Å². The van der Waals surface area contributed by atoms with Gasteiger partial charge in [0.05, 0.1) is 13.0 Å². The Labute approximate surface area is 90.1 Å². The van der Waals surface area contributed by atoms with Crippen LogP contribution in [0, 0.1) is 0 Å². The van der Waals surface area contributed by atoms with Crippen LogP contribution in [0.2, 0.25) is 0 Å². The molecule has 0 aromatic carbocycles. The Hall–Kier alpha value is -1.83. The van der Waals surface area contributed by atoms with E-state index in [1.165, 1.54) is 0 Å². The number of rotatable bonds is 5. The minimum absolute atomic E-state index is 0.163. The molecule has 0 bridgehead atoms. The van der Waals surface area contributed by atoms with E-state index in [-0.39, 0.29) is 13.2 Å². The highest BCUT2D eigenvalue weighted by Crippen LogP contribution is 2.02. The maximum atomic E-state index is 11.0. The number of aliphatic carboxylic acids is 1. The number of carboxylic acid groups (broad SMARTS) is 1. The van der Waals surface area contributed by atoms with Crippen molar-refractivity contribution in [1.29, 1.82) is 0 Å². The van der Waals surface area contributed by atoms with Crippen molar-refractivity contribution >= 4 is 18.0 Å². The van der Waals surface area contributed by atoms with Gasteiger partial charge in [-0.25, -0.2) is 9.59 Å². The third-order valence-electron chi connectivity index (χ3n) is 1.82. The largest absolute Gasteiger partial charge is 0.479 e. The molecule has 1 rings (SSSR count). The summed E-state index contributed by atoms with van der Waals surface area (Å²) in [4.78, 5) is 31.8. The molecule has 2 atom stereocenters. The van der Waals surface area contributed by atoms with Crippen LogP contribution in [0.1, 0.15) is 6.42 Å². The fourth-order valence-electron chi connectivity index (χ4n) is 1.01. The summed E-state index contributed by atoms with van der Waals surface area (Å²) in [5.41, 5.74) is 0. The van der Waals surface area contributed by atoms with E-state index in [0.29, 0.717) is 0 Å². The van der Waals surface area contributed by atoms with Gasteiger partial charge in [-0.15, -0.1) is 0 Å². The Morgan fingerprint density at radius 1 is 1.62 bits per heavy atom. The summed E-state index contributed by atoms with van der Waals surface area (Å²) < 4.78 is 9.27. The third kappa shape index (κ3) is 3.73. The lowest BCUT2D eigenvalue weighted by atomic mass is 10.2. The zero-order valence-corrected chi connectivity index (χ0v) is 8.21. The molecule has 0 saturated carbocycles. The second-order valence-corrected chi connectivity index (χ2v) is 3.15. The molecule has 1 amide bonds. The molecule has 8 nitrogen and oxygen atoms in total. The number of carbonyl (C=O) groups is 3. The van der Waals surface area contributed by atoms with Crippen LogP contribution in [-0.2, 0) is 19.1 Å². The molecule has 3 N–H and O–H groups in total. The minimum atomic E-state index is -1.78. The van der Waals surface area contributed by atoms with Gasteiger partial charge in [-0.2, -0.15) is 0 Å². The molecular formula is C8H11NO7. The molecular weight excluding hydrogens is 222 g/mol. The summed E-state index contributed by atoms with van der Waals surface area (Å²) in [6.45, 7) is 0.0670. The van der Waals surface area contributed by atoms with Crippen molar-refractivity contribution in [2.75, 3.05) is 13.2 Å². The third-order valence-corrected chi connectivity index (χ3v) is 1.82. The zero-order chi connectivity index (χ0) is 12.1. The molecule has 1 aliphatic rings. The van der Waals surface area contributed by atoms with Crippen molar-refractivity contribution in [3.63, 3.8) is 0 Å². The first-order valence-corrected chi connectivity index (χ1v) is 4.50. The molecule has 1 fully saturated rings. The van der Waals surface area contributed by atoms with E-state index >= 15 is 0 Å².